The summed E-state index contributed by atoms with van der Waals surface area (Å²) in [5.41, 5.74) is 1.47. The number of hydrogen-bond donors (Lipinski definition) is 2. The molecular formula is C21H37N5OS. The molecule has 2 heterocycles. The Morgan fingerprint density at radius 3 is 2.57 bits per heavy atom. The van der Waals surface area contributed by atoms with Crippen molar-refractivity contribution >= 4 is 17.3 Å². The number of hydrogen-bond acceptors (Lipinski definition) is 5. The fraction of sp³-hybridized carbons (Fsp3) is 0.810. The van der Waals surface area contributed by atoms with Gasteiger partial charge in [-0.1, -0.05) is 19.3 Å². The van der Waals surface area contributed by atoms with E-state index in [4.69, 9.17) is 9.73 Å². The summed E-state index contributed by atoms with van der Waals surface area (Å²) in [7, 11) is 0. The van der Waals surface area contributed by atoms with Crippen LogP contribution in [-0.2, 0) is 11.3 Å². The molecule has 6 nitrogen and oxygen atoms in total. The maximum absolute atomic E-state index is 5.54. The lowest BCUT2D eigenvalue weighted by Gasteiger charge is -2.42. The number of thiazole rings is 1. The third-order valence-electron chi connectivity index (χ3n) is 6.00. The van der Waals surface area contributed by atoms with E-state index in [2.05, 4.69) is 41.3 Å². The van der Waals surface area contributed by atoms with Crippen molar-refractivity contribution < 1.29 is 4.74 Å². The molecule has 2 N–H and O–H groups in total. The molecule has 1 aliphatic heterocycles. The monoisotopic (exact) mass is 407 g/mol. The standard InChI is InChI=1S/C21H37N5OS/c1-4-22-20(23-14-19-25-17(2)18(3)28-19)24-15-21(8-6-5-7-9-21)16-26-10-12-27-13-11-26/h4-16H2,1-3H3,(H2,22,23,24). The van der Waals surface area contributed by atoms with Crippen molar-refractivity contribution in [3.63, 3.8) is 0 Å². The number of nitrogens with one attached hydrogen (secondary N) is 2. The molecular weight excluding hydrogens is 370 g/mol. The van der Waals surface area contributed by atoms with Gasteiger partial charge in [0.25, 0.3) is 0 Å². The van der Waals surface area contributed by atoms with Gasteiger partial charge in [0.2, 0.25) is 0 Å². The van der Waals surface area contributed by atoms with Gasteiger partial charge >= 0.3 is 0 Å². The van der Waals surface area contributed by atoms with E-state index in [9.17, 15) is 0 Å². The fourth-order valence-electron chi connectivity index (χ4n) is 4.29. The fourth-order valence-corrected chi connectivity index (χ4v) is 5.15. The molecule has 0 amide bonds. The topological polar surface area (TPSA) is 61.8 Å². The van der Waals surface area contributed by atoms with Crippen LogP contribution in [0.4, 0.5) is 0 Å². The molecule has 0 radical (unpaired) electrons. The highest BCUT2D eigenvalue weighted by Gasteiger charge is 2.34. The van der Waals surface area contributed by atoms with E-state index in [0.717, 1.165) is 56.1 Å². The first-order valence-electron chi connectivity index (χ1n) is 10.9. The highest BCUT2D eigenvalue weighted by Crippen LogP contribution is 2.36. The first-order valence-corrected chi connectivity index (χ1v) is 11.7. The molecule has 1 aromatic rings. The van der Waals surface area contributed by atoms with E-state index >= 15 is 0 Å². The van der Waals surface area contributed by atoms with Gasteiger partial charge < -0.3 is 15.4 Å². The molecule has 7 heteroatoms. The molecule has 0 aromatic carbocycles. The van der Waals surface area contributed by atoms with Crippen LogP contribution in [0.15, 0.2) is 4.99 Å². The second-order valence-corrected chi connectivity index (χ2v) is 9.53. The summed E-state index contributed by atoms with van der Waals surface area (Å²) in [5.74, 6) is 0.917. The molecule has 2 fully saturated rings. The Morgan fingerprint density at radius 2 is 1.93 bits per heavy atom. The Morgan fingerprint density at radius 1 is 1.18 bits per heavy atom. The van der Waals surface area contributed by atoms with E-state index in [0.29, 0.717) is 12.0 Å². The lowest BCUT2D eigenvalue weighted by Crippen LogP contribution is -2.51. The number of aromatic nitrogens is 1. The Kier molecular flexibility index (Phi) is 8.11. The van der Waals surface area contributed by atoms with Gasteiger partial charge in [-0.2, -0.15) is 0 Å². The number of guanidine groups is 1. The normalized spacial score (nSPS) is 20.9. The van der Waals surface area contributed by atoms with Gasteiger partial charge in [-0.25, -0.2) is 9.98 Å². The van der Waals surface area contributed by atoms with E-state index in [1.165, 1.54) is 43.5 Å². The van der Waals surface area contributed by atoms with Crippen molar-refractivity contribution in [2.45, 2.75) is 59.4 Å². The Hall–Kier alpha value is -1.18. The Bertz CT molecular complexity index is 613. The number of ether oxygens (including phenoxy) is 1. The van der Waals surface area contributed by atoms with Crippen LogP contribution in [0.1, 0.15) is 54.6 Å². The zero-order chi connectivity index (χ0) is 19.8. The molecule has 28 heavy (non-hydrogen) atoms. The van der Waals surface area contributed by atoms with Gasteiger partial charge in [0.05, 0.1) is 25.5 Å². The zero-order valence-corrected chi connectivity index (χ0v) is 18.7. The number of nitrogens with zero attached hydrogens (tertiary/aromatic N) is 3. The van der Waals surface area contributed by atoms with E-state index in [-0.39, 0.29) is 0 Å². The van der Waals surface area contributed by atoms with Crippen LogP contribution < -0.4 is 10.6 Å². The summed E-state index contributed by atoms with van der Waals surface area (Å²) < 4.78 is 5.54. The summed E-state index contributed by atoms with van der Waals surface area (Å²) in [6, 6.07) is 0. The lowest BCUT2D eigenvalue weighted by molar-refractivity contribution is 0.00820. The van der Waals surface area contributed by atoms with Crippen molar-refractivity contribution in [2.75, 3.05) is 45.9 Å². The summed E-state index contributed by atoms with van der Waals surface area (Å²) >= 11 is 1.75. The van der Waals surface area contributed by atoms with Crippen molar-refractivity contribution in [3.8, 4) is 0 Å². The van der Waals surface area contributed by atoms with E-state index in [1.54, 1.807) is 11.3 Å². The van der Waals surface area contributed by atoms with E-state index < -0.39 is 0 Å². The van der Waals surface area contributed by atoms with Crippen LogP contribution >= 0.6 is 11.3 Å². The molecule has 0 spiro atoms. The maximum Gasteiger partial charge on any atom is 0.191 e. The second kappa shape index (κ2) is 10.6. The van der Waals surface area contributed by atoms with Gasteiger partial charge in [0, 0.05) is 43.0 Å². The summed E-state index contributed by atoms with van der Waals surface area (Å²) in [6.45, 7) is 13.9. The van der Waals surface area contributed by atoms with Gasteiger partial charge in [-0.15, -0.1) is 11.3 Å². The molecule has 1 saturated heterocycles. The van der Waals surface area contributed by atoms with Gasteiger partial charge in [0.15, 0.2) is 5.96 Å². The van der Waals surface area contributed by atoms with Crippen LogP contribution in [-0.4, -0.2) is 61.8 Å². The zero-order valence-electron chi connectivity index (χ0n) is 17.9. The minimum absolute atomic E-state index is 0.347. The third kappa shape index (κ3) is 6.16. The minimum atomic E-state index is 0.347. The van der Waals surface area contributed by atoms with Crippen LogP contribution in [0.25, 0.3) is 0 Å². The molecule has 1 aliphatic carbocycles. The van der Waals surface area contributed by atoms with Gasteiger partial charge in [-0.3, -0.25) is 4.90 Å². The average molecular weight is 408 g/mol. The Labute approximate surface area is 174 Å². The number of aliphatic imine (C=N–C) groups is 1. The van der Waals surface area contributed by atoms with Gasteiger partial charge in [0.1, 0.15) is 5.01 Å². The summed E-state index contributed by atoms with van der Waals surface area (Å²) in [6.07, 6.45) is 6.68. The van der Waals surface area contributed by atoms with Crippen LogP contribution in [0, 0.1) is 19.3 Å². The molecule has 0 bridgehead atoms. The maximum atomic E-state index is 5.54. The quantitative estimate of drug-likeness (QED) is 0.537. The molecule has 1 aromatic heterocycles. The molecule has 0 atom stereocenters. The smallest absolute Gasteiger partial charge is 0.191 e. The van der Waals surface area contributed by atoms with Crippen LogP contribution in [0.2, 0.25) is 0 Å². The predicted octanol–water partition coefficient (Wildman–Crippen LogP) is 3.10. The minimum Gasteiger partial charge on any atom is -0.379 e. The molecule has 0 unspecified atom stereocenters. The van der Waals surface area contributed by atoms with Gasteiger partial charge in [-0.05, 0) is 33.6 Å². The molecule has 2 aliphatic rings. The SMILES string of the molecule is CCNC(=NCc1nc(C)c(C)s1)NCC1(CN2CCOCC2)CCCCC1. The van der Waals surface area contributed by atoms with Crippen LogP contribution in [0.5, 0.6) is 0 Å². The highest BCUT2D eigenvalue weighted by atomic mass is 32.1. The lowest BCUT2D eigenvalue weighted by atomic mass is 9.73. The summed E-state index contributed by atoms with van der Waals surface area (Å²) in [4.78, 5) is 13.3. The van der Waals surface area contributed by atoms with Crippen molar-refractivity contribution in [3.05, 3.63) is 15.6 Å². The first-order chi connectivity index (χ1) is 13.6. The number of aryl methyl sites for hydroxylation is 2. The highest BCUT2D eigenvalue weighted by molar-refractivity contribution is 7.11. The molecule has 3 rings (SSSR count). The number of morpholine rings is 1. The van der Waals surface area contributed by atoms with E-state index in [1.807, 2.05) is 0 Å². The molecule has 158 valence electrons. The first kappa shape index (κ1) is 21.5. The van der Waals surface area contributed by atoms with Crippen molar-refractivity contribution in [2.24, 2.45) is 10.4 Å². The third-order valence-corrected chi connectivity index (χ3v) is 7.05. The predicted molar refractivity (Wildman–Crippen MR) is 117 cm³/mol. The van der Waals surface area contributed by atoms with Crippen molar-refractivity contribution in [1.82, 2.24) is 20.5 Å². The van der Waals surface area contributed by atoms with Crippen LogP contribution in [0.3, 0.4) is 0 Å². The number of rotatable bonds is 7. The largest absolute Gasteiger partial charge is 0.379 e. The Balaban J connectivity index is 1.61. The molecule has 1 saturated carbocycles. The van der Waals surface area contributed by atoms with Crippen molar-refractivity contribution in [1.29, 1.82) is 0 Å². The second-order valence-electron chi connectivity index (χ2n) is 8.25. The average Bonchev–Trinajstić information content (AvgIpc) is 3.03. The summed E-state index contributed by atoms with van der Waals surface area (Å²) in [5, 5.41) is 8.18.